The molecule has 1 heterocycles. The van der Waals surface area contributed by atoms with Crippen LogP contribution in [-0.4, -0.2) is 42.9 Å². The smallest absolute Gasteiger partial charge is 0.261 e. The lowest BCUT2D eigenvalue weighted by Gasteiger charge is -2.24. The molecule has 1 atom stereocenters. The number of rotatable bonds is 4. The van der Waals surface area contributed by atoms with Crippen molar-refractivity contribution in [3.63, 3.8) is 0 Å². The van der Waals surface area contributed by atoms with E-state index in [-0.39, 0.29) is 11.9 Å². The zero-order valence-electron chi connectivity index (χ0n) is 11.2. The van der Waals surface area contributed by atoms with Gasteiger partial charge in [-0.05, 0) is 25.0 Å². The Morgan fingerprint density at radius 1 is 1.37 bits per heavy atom. The number of hydrogen-bond donors (Lipinski definition) is 0. The molecule has 2 rings (SSSR count). The van der Waals surface area contributed by atoms with E-state index in [9.17, 15) is 4.79 Å². The quantitative estimate of drug-likeness (QED) is 0.798. The van der Waals surface area contributed by atoms with Gasteiger partial charge in [0.05, 0.1) is 14.2 Å². The maximum absolute atomic E-state index is 12.7. The van der Waals surface area contributed by atoms with E-state index in [2.05, 4.69) is 15.9 Å². The van der Waals surface area contributed by atoms with Crippen LogP contribution in [0.2, 0.25) is 0 Å². The Bertz CT molecular complexity index is 442. The Hall–Kier alpha value is -1.23. The van der Waals surface area contributed by atoms with E-state index in [1.807, 2.05) is 11.0 Å². The Morgan fingerprint density at radius 3 is 2.53 bits per heavy atom. The first-order valence-electron chi connectivity index (χ1n) is 6.30. The average Bonchev–Trinajstić information content (AvgIpc) is 2.93. The molecule has 0 N–H and O–H groups in total. The maximum atomic E-state index is 12.7. The Balaban J connectivity index is 2.37. The molecular formula is C14H18BrNO3. The van der Waals surface area contributed by atoms with E-state index in [4.69, 9.17) is 9.47 Å². The summed E-state index contributed by atoms with van der Waals surface area (Å²) >= 11 is 3.47. The lowest BCUT2D eigenvalue weighted by molar-refractivity contribution is 0.0743. The molecule has 104 valence electrons. The number of likely N-dealkylation sites (tertiary alicyclic amines) is 1. The van der Waals surface area contributed by atoms with Crippen molar-refractivity contribution in [3.8, 4) is 11.5 Å². The number of ether oxygens (including phenoxy) is 2. The second-order valence-corrected chi connectivity index (χ2v) is 5.13. The van der Waals surface area contributed by atoms with Crippen LogP contribution in [0, 0.1) is 0 Å². The molecule has 1 aliphatic rings. The van der Waals surface area contributed by atoms with Gasteiger partial charge >= 0.3 is 0 Å². The lowest BCUT2D eigenvalue weighted by Crippen LogP contribution is -2.36. The normalized spacial score (nSPS) is 18.5. The third kappa shape index (κ3) is 2.71. The summed E-state index contributed by atoms with van der Waals surface area (Å²) in [5.41, 5.74) is 0.514. The number of alkyl halides is 1. The van der Waals surface area contributed by atoms with Crippen molar-refractivity contribution in [3.05, 3.63) is 23.8 Å². The summed E-state index contributed by atoms with van der Waals surface area (Å²) in [4.78, 5) is 14.6. The van der Waals surface area contributed by atoms with Crippen LogP contribution in [0.3, 0.4) is 0 Å². The molecule has 0 radical (unpaired) electrons. The van der Waals surface area contributed by atoms with E-state index in [0.717, 1.165) is 24.7 Å². The topological polar surface area (TPSA) is 38.8 Å². The largest absolute Gasteiger partial charge is 0.496 e. The van der Waals surface area contributed by atoms with Gasteiger partial charge in [0, 0.05) is 17.9 Å². The highest BCUT2D eigenvalue weighted by molar-refractivity contribution is 9.09. The zero-order chi connectivity index (χ0) is 13.8. The van der Waals surface area contributed by atoms with Crippen molar-refractivity contribution in [2.75, 3.05) is 26.1 Å². The second-order valence-electron chi connectivity index (χ2n) is 4.49. The van der Waals surface area contributed by atoms with Gasteiger partial charge in [0.1, 0.15) is 17.1 Å². The highest BCUT2D eigenvalue weighted by Gasteiger charge is 2.31. The standard InChI is InChI=1S/C14H18BrNO3/c1-18-11-6-3-7-12(19-2)13(11)14(17)16-8-4-5-10(16)9-15/h3,6-7,10H,4-5,8-9H2,1-2H3/t10-/m0/s1. The van der Waals surface area contributed by atoms with Crippen molar-refractivity contribution < 1.29 is 14.3 Å². The van der Waals surface area contributed by atoms with Gasteiger partial charge < -0.3 is 14.4 Å². The Labute approximate surface area is 121 Å². The molecule has 0 aliphatic carbocycles. The molecule has 4 nitrogen and oxygen atoms in total. The highest BCUT2D eigenvalue weighted by Crippen LogP contribution is 2.32. The van der Waals surface area contributed by atoms with Crippen LogP contribution in [0.25, 0.3) is 0 Å². The van der Waals surface area contributed by atoms with E-state index < -0.39 is 0 Å². The van der Waals surface area contributed by atoms with Gasteiger partial charge in [0.2, 0.25) is 0 Å². The number of carbonyl (C=O) groups excluding carboxylic acids is 1. The minimum absolute atomic E-state index is 0.0174. The molecule has 0 unspecified atom stereocenters. The van der Waals surface area contributed by atoms with Gasteiger partial charge in [-0.2, -0.15) is 0 Å². The first-order valence-corrected chi connectivity index (χ1v) is 7.43. The first-order chi connectivity index (χ1) is 9.22. The lowest BCUT2D eigenvalue weighted by atomic mass is 10.1. The van der Waals surface area contributed by atoms with Crippen LogP contribution in [-0.2, 0) is 0 Å². The van der Waals surface area contributed by atoms with Crippen LogP contribution in [0.15, 0.2) is 18.2 Å². The molecule has 5 heteroatoms. The summed E-state index contributed by atoms with van der Waals surface area (Å²) < 4.78 is 10.6. The van der Waals surface area contributed by atoms with Gasteiger partial charge in [0.15, 0.2) is 0 Å². The third-order valence-corrected chi connectivity index (χ3v) is 4.21. The fraction of sp³-hybridized carbons (Fsp3) is 0.500. The third-order valence-electron chi connectivity index (χ3n) is 3.46. The summed E-state index contributed by atoms with van der Waals surface area (Å²) in [6.07, 6.45) is 2.08. The minimum atomic E-state index is -0.0174. The number of halogens is 1. The number of carbonyl (C=O) groups is 1. The van der Waals surface area contributed by atoms with E-state index in [1.165, 1.54) is 0 Å². The summed E-state index contributed by atoms with van der Waals surface area (Å²) in [7, 11) is 3.13. The monoisotopic (exact) mass is 327 g/mol. The van der Waals surface area contributed by atoms with Gasteiger partial charge in [-0.3, -0.25) is 4.79 Å². The van der Waals surface area contributed by atoms with Gasteiger partial charge in [-0.25, -0.2) is 0 Å². The predicted octanol–water partition coefficient (Wildman–Crippen LogP) is 2.70. The van der Waals surface area contributed by atoms with Gasteiger partial charge in [0.25, 0.3) is 5.91 Å². The first kappa shape index (κ1) is 14.2. The van der Waals surface area contributed by atoms with Crippen molar-refractivity contribution >= 4 is 21.8 Å². The molecule has 0 saturated carbocycles. The second kappa shape index (κ2) is 6.28. The molecule has 0 bridgehead atoms. The molecule has 1 amide bonds. The number of amides is 1. The van der Waals surface area contributed by atoms with Crippen LogP contribution in [0.5, 0.6) is 11.5 Å². The number of benzene rings is 1. The Morgan fingerprint density at radius 2 is 2.00 bits per heavy atom. The molecule has 1 aromatic rings. The summed E-state index contributed by atoms with van der Waals surface area (Å²) in [6.45, 7) is 0.788. The molecule has 1 aromatic carbocycles. The molecular weight excluding hydrogens is 310 g/mol. The van der Waals surface area contributed by atoms with Gasteiger partial charge in [-0.15, -0.1) is 0 Å². The summed E-state index contributed by atoms with van der Waals surface area (Å²) in [6, 6.07) is 5.65. The van der Waals surface area contributed by atoms with Gasteiger partial charge in [-0.1, -0.05) is 22.0 Å². The predicted molar refractivity (Wildman–Crippen MR) is 77.4 cm³/mol. The molecule has 0 aromatic heterocycles. The van der Waals surface area contributed by atoms with Crippen molar-refractivity contribution in [1.82, 2.24) is 4.90 Å². The van der Waals surface area contributed by atoms with Crippen molar-refractivity contribution in [1.29, 1.82) is 0 Å². The van der Waals surface area contributed by atoms with Crippen molar-refractivity contribution in [2.24, 2.45) is 0 Å². The zero-order valence-corrected chi connectivity index (χ0v) is 12.8. The molecule has 1 aliphatic heterocycles. The molecule has 19 heavy (non-hydrogen) atoms. The number of hydrogen-bond acceptors (Lipinski definition) is 3. The Kier molecular flexibility index (Phi) is 4.69. The van der Waals surface area contributed by atoms with Crippen LogP contribution in [0.4, 0.5) is 0 Å². The number of methoxy groups -OCH3 is 2. The van der Waals surface area contributed by atoms with E-state index in [0.29, 0.717) is 17.1 Å². The molecule has 1 saturated heterocycles. The van der Waals surface area contributed by atoms with Crippen molar-refractivity contribution in [2.45, 2.75) is 18.9 Å². The highest BCUT2D eigenvalue weighted by atomic mass is 79.9. The molecule has 1 fully saturated rings. The van der Waals surface area contributed by atoms with Crippen LogP contribution in [0.1, 0.15) is 23.2 Å². The summed E-state index contributed by atoms with van der Waals surface area (Å²) in [5.74, 6) is 1.10. The van der Waals surface area contributed by atoms with Crippen LogP contribution >= 0.6 is 15.9 Å². The maximum Gasteiger partial charge on any atom is 0.261 e. The summed E-state index contributed by atoms with van der Waals surface area (Å²) in [5, 5.41) is 0.802. The fourth-order valence-corrected chi connectivity index (χ4v) is 3.14. The van der Waals surface area contributed by atoms with E-state index >= 15 is 0 Å². The average molecular weight is 328 g/mol. The fourth-order valence-electron chi connectivity index (χ4n) is 2.47. The minimum Gasteiger partial charge on any atom is -0.496 e. The van der Waals surface area contributed by atoms with E-state index in [1.54, 1.807) is 26.4 Å². The van der Waals surface area contributed by atoms with Crippen LogP contribution < -0.4 is 9.47 Å². The number of nitrogens with zero attached hydrogens (tertiary/aromatic N) is 1. The molecule has 0 spiro atoms. The SMILES string of the molecule is COc1cccc(OC)c1C(=O)N1CCC[C@H]1CBr.